The Morgan fingerprint density at radius 2 is 2.31 bits per heavy atom. The molecule has 88 valence electrons. The minimum absolute atomic E-state index is 0.917. The van der Waals surface area contributed by atoms with Gasteiger partial charge in [0.2, 0.25) is 0 Å². The second-order valence-electron chi connectivity index (χ2n) is 4.09. The molecule has 0 aromatic carbocycles. The first-order valence-corrected chi connectivity index (χ1v) is 6.06. The van der Waals surface area contributed by atoms with Crippen molar-refractivity contribution in [3.8, 4) is 0 Å². The van der Waals surface area contributed by atoms with Crippen LogP contribution in [0.25, 0.3) is 0 Å². The molecule has 1 aromatic rings. The van der Waals surface area contributed by atoms with Crippen LogP contribution in [0.4, 0.5) is 0 Å². The Kier molecular flexibility index (Phi) is 4.34. The number of nitrogens with one attached hydrogen (secondary N) is 1. The number of hydrogen-bond donors (Lipinski definition) is 1. The Balaban J connectivity index is 1.62. The summed E-state index contributed by atoms with van der Waals surface area (Å²) in [5.41, 5.74) is 0. The molecule has 16 heavy (non-hydrogen) atoms. The van der Waals surface area contributed by atoms with E-state index < -0.39 is 0 Å². The number of aromatic nitrogens is 3. The Morgan fingerprint density at radius 1 is 1.31 bits per heavy atom. The summed E-state index contributed by atoms with van der Waals surface area (Å²) in [4.78, 5) is 4.53. The summed E-state index contributed by atoms with van der Waals surface area (Å²) in [7, 11) is 0. The van der Waals surface area contributed by atoms with Gasteiger partial charge in [-0.05, 0) is 19.3 Å². The maximum atomic E-state index is 4.53. The van der Waals surface area contributed by atoms with Gasteiger partial charge in [-0.25, -0.2) is 0 Å². The summed E-state index contributed by atoms with van der Waals surface area (Å²) in [5.74, 6) is 1.19. The molecule has 1 aliphatic rings. The average molecular weight is 221 g/mol. The highest BCUT2D eigenvalue weighted by Crippen LogP contribution is 2.05. The maximum absolute atomic E-state index is 4.53. The molecule has 1 N–H and O–H groups in total. The van der Waals surface area contributed by atoms with Crippen LogP contribution in [-0.2, 0) is 6.54 Å². The van der Waals surface area contributed by atoms with Crippen molar-refractivity contribution in [2.45, 2.75) is 38.6 Å². The topological polar surface area (TPSA) is 55.1 Å². The zero-order chi connectivity index (χ0) is 11.1. The lowest BCUT2D eigenvalue weighted by atomic mass is 10.2. The molecule has 2 heterocycles. The monoisotopic (exact) mass is 221 g/mol. The summed E-state index contributed by atoms with van der Waals surface area (Å²) < 4.78 is 1.86. The molecular formula is C11H19N5. The Hall–Kier alpha value is -1.39. The van der Waals surface area contributed by atoms with Crippen LogP contribution in [0.1, 0.15) is 32.1 Å². The van der Waals surface area contributed by atoms with Crippen molar-refractivity contribution in [2.75, 3.05) is 13.1 Å². The highest BCUT2D eigenvalue weighted by atomic mass is 15.4. The van der Waals surface area contributed by atoms with Gasteiger partial charge in [-0.1, -0.05) is 11.6 Å². The molecule has 0 atom stereocenters. The largest absolute Gasteiger partial charge is 0.374 e. The Bertz CT molecular complexity index is 317. The molecule has 2 rings (SSSR count). The van der Waals surface area contributed by atoms with E-state index in [9.17, 15) is 0 Å². The molecule has 0 amide bonds. The number of aliphatic imine (C=N–C) groups is 1. The van der Waals surface area contributed by atoms with Crippen molar-refractivity contribution in [1.82, 2.24) is 20.3 Å². The van der Waals surface area contributed by atoms with E-state index in [4.69, 9.17) is 0 Å². The predicted octanol–water partition coefficient (Wildman–Crippen LogP) is 1.23. The van der Waals surface area contributed by atoms with Gasteiger partial charge in [-0.2, -0.15) is 0 Å². The fraction of sp³-hybridized carbons (Fsp3) is 0.727. The van der Waals surface area contributed by atoms with E-state index in [1.165, 1.54) is 25.1 Å². The lowest BCUT2D eigenvalue weighted by Crippen LogP contribution is -2.25. The molecule has 5 nitrogen and oxygen atoms in total. The van der Waals surface area contributed by atoms with Gasteiger partial charge in [0.25, 0.3) is 0 Å². The number of nitrogens with zero attached hydrogens (tertiary/aromatic N) is 4. The van der Waals surface area contributed by atoms with E-state index in [0.717, 1.165) is 32.5 Å². The van der Waals surface area contributed by atoms with Crippen LogP contribution in [0.15, 0.2) is 17.4 Å². The maximum Gasteiger partial charge on any atom is 0.0963 e. The minimum atomic E-state index is 0.917. The third-order valence-corrected chi connectivity index (χ3v) is 2.74. The number of rotatable bonds is 4. The highest BCUT2D eigenvalue weighted by molar-refractivity contribution is 5.82. The zero-order valence-electron chi connectivity index (χ0n) is 9.60. The van der Waals surface area contributed by atoms with Crippen LogP contribution in [0.3, 0.4) is 0 Å². The summed E-state index contributed by atoms with van der Waals surface area (Å²) in [6.07, 6.45) is 9.60. The molecule has 0 saturated heterocycles. The van der Waals surface area contributed by atoms with E-state index in [1.54, 1.807) is 6.20 Å². The van der Waals surface area contributed by atoms with Crippen LogP contribution in [0.2, 0.25) is 0 Å². The van der Waals surface area contributed by atoms with E-state index in [-0.39, 0.29) is 0 Å². The first-order chi connectivity index (χ1) is 7.95. The summed E-state index contributed by atoms with van der Waals surface area (Å²) >= 11 is 0. The van der Waals surface area contributed by atoms with Gasteiger partial charge in [0, 0.05) is 32.3 Å². The van der Waals surface area contributed by atoms with Gasteiger partial charge in [0.05, 0.1) is 12.0 Å². The quantitative estimate of drug-likeness (QED) is 0.778. The molecule has 1 aliphatic heterocycles. The van der Waals surface area contributed by atoms with Crippen molar-refractivity contribution in [1.29, 1.82) is 0 Å². The predicted molar refractivity (Wildman–Crippen MR) is 63.4 cm³/mol. The number of hydrogen-bond acceptors (Lipinski definition) is 4. The number of aryl methyl sites for hydroxylation is 1. The molecule has 1 aromatic heterocycles. The van der Waals surface area contributed by atoms with Crippen LogP contribution < -0.4 is 5.32 Å². The smallest absolute Gasteiger partial charge is 0.0963 e. The van der Waals surface area contributed by atoms with Crippen LogP contribution in [0.5, 0.6) is 0 Å². The first-order valence-electron chi connectivity index (χ1n) is 6.06. The molecule has 0 saturated carbocycles. The van der Waals surface area contributed by atoms with Crippen LogP contribution in [-0.4, -0.2) is 33.9 Å². The van der Waals surface area contributed by atoms with Crippen molar-refractivity contribution < 1.29 is 0 Å². The van der Waals surface area contributed by atoms with E-state index >= 15 is 0 Å². The van der Waals surface area contributed by atoms with Gasteiger partial charge in [-0.3, -0.25) is 9.67 Å². The third-order valence-electron chi connectivity index (χ3n) is 2.74. The second kappa shape index (κ2) is 6.25. The first kappa shape index (κ1) is 11.1. The van der Waals surface area contributed by atoms with E-state index in [0.29, 0.717) is 0 Å². The molecular weight excluding hydrogens is 202 g/mol. The summed E-state index contributed by atoms with van der Waals surface area (Å²) in [5, 5.41) is 11.1. The van der Waals surface area contributed by atoms with Crippen LogP contribution in [0, 0.1) is 0 Å². The van der Waals surface area contributed by atoms with Crippen LogP contribution >= 0.6 is 0 Å². The van der Waals surface area contributed by atoms with Crippen molar-refractivity contribution >= 4 is 5.84 Å². The lowest BCUT2D eigenvalue weighted by Gasteiger charge is -2.07. The molecule has 0 radical (unpaired) electrons. The third kappa shape index (κ3) is 3.64. The highest BCUT2D eigenvalue weighted by Gasteiger charge is 2.02. The Labute approximate surface area is 96.0 Å². The standard InChI is InChI=1S/C11H19N5/c1-2-5-11(12-6-3-1)13-7-4-9-16-10-8-14-15-16/h8,10H,1-7,9H2,(H,12,13). The fourth-order valence-corrected chi connectivity index (χ4v) is 1.84. The fourth-order valence-electron chi connectivity index (χ4n) is 1.84. The average Bonchev–Trinajstić information content (AvgIpc) is 2.68. The molecule has 0 aliphatic carbocycles. The van der Waals surface area contributed by atoms with Gasteiger partial charge < -0.3 is 5.32 Å². The van der Waals surface area contributed by atoms with Crippen molar-refractivity contribution in [3.05, 3.63) is 12.4 Å². The van der Waals surface area contributed by atoms with Gasteiger partial charge in [0.15, 0.2) is 0 Å². The van der Waals surface area contributed by atoms with Crippen molar-refractivity contribution in [2.24, 2.45) is 4.99 Å². The number of amidine groups is 1. The zero-order valence-corrected chi connectivity index (χ0v) is 9.60. The normalized spacial score (nSPS) is 16.6. The molecule has 0 bridgehead atoms. The van der Waals surface area contributed by atoms with Crippen molar-refractivity contribution in [3.63, 3.8) is 0 Å². The summed E-state index contributed by atoms with van der Waals surface area (Å²) in [6.45, 7) is 2.88. The Morgan fingerprint density at radius 3 is 3.19 bits per heavy atom. The summed E-state index contributed by atoms with van der Waals surface area (Å²) in [6, 6.07) is 0. The molecule has 0 unspecified atom stereocenters. The minimum Gasteiger partial charge on any atom is -0.374 e. The SMILES string of the molecule is c1cn(CCCNC2=NCCCCC2)nn1. The lowest BCUT2D eigenvalue weighted by molar-refractivity contribution is 0.553. The molecule has 0 spiro atoms. The van der Waals surface area contributed by atoms with E-state index in [1.807, 2.05) is 10.9 Å². The van der Waals surface area contributed by atoms with Gasteiger partial charge >= 0.3 is 0 Å². The van der Waals surface area contributed by atoms with E-state index in [2.05, 4.69) is 20.6 Å². The second-order valence-corrected chi connectivity index (χ2v) is 4.09. The van der Waals surface area contributed by atoms with Gasteiger partial charge in [0.1, 0.15) is 0 Å². The van der Waals surface area contributed by atoms with Gasteiger partial charge in [-0.15, -0.1) is 5.10 Å². The molecule has 0 fully saturated rings. The molecule has 5 heteroatoms.